The molecule has 1 N–H and O–H groups in total. The lowest BCUT2D eigenvalue weighted by Gasteiger charge is -2.13. The van der Waals surface area contributed by atoms with Crippen molar-refractivity contribution in [1.82, 2.24) is 10.3 Å². The van der Waals surface area contributed by atoms with Crippen LogP contribution in [0.4, 0.5) is 0 Å². The van der Waals surface area contributed by atoms with E-state index < -0.39 is 21.0 Å². The molecule has 102 valence electrons. The van der Waals surface area contributed by atoms with Gasteiger partial charge in [0.15, 0.2) is 16.1 Å². The summed E-state index contributed by atoms with van der Waals surface area (Å²) < 4.78 is 23.9. The Labute approximate surface area is 111 Å². The lowest BCUT2D eigenvalue weighted by molar-refractivity contribution is 0.0952. The zero-order chi connectivity index (χ0) is 14.0. The predicted molar refractivity (Wildman–Crippen MR) is 68.8 cm³/mol. The molecule has 1 aliphatic rings. The van der Waals surface area contributed by atoms with E-state index in [0.29, 0.717) is 24.7 Å². The second-order valence-corrected chi connectivity index (χ2v) is 6.66. The minimum Gasteiger partial charge on any atom is -0.354 e. The summed E-state index contributed by atoms with van der Waals surface area (Å²) in [7, 11) is -1.81. The molecule has 2 heterocycles. The van der Waals surface area contributed by atoms with Gasteiger partial charge in [-0.1, -0.05) is 0 Å². The Bertz CT molecular complexity index is 625. The van der Waals surface area contributed by atoms with Gasteiger partial charge in [0.1, 0.15) is 5.69 Å². The Morgan fingerprint density at radius 1 is 1.53 bits per heavy atom. The highest BCUT2D eigenvalue weighted by Crippen LogP contribution is 2.36. The molecule has 6 nitrogen and oxygen atoms in total. The lowest BCUT2D eigenvalue weighted by Crippen LogP contribution is -2.23. The zero-order valence-electron chi connectivity index (χ0n) is 10.4. The average Bonchev–Trinajstić information content (AvgIpc) is 2.76. The number of aldehydes is 1. The third-order valence-electron chi connectivity index (χ3n) is 3.26. The quantitative estimate of drug-likeness (QED) is 0.815. The van der Waals surface area contributed by atoms with Crippen molar-refractivity contribution in [3.8, 4) is 0 Å². The summed E-state index contributed by atoms with van der Waals surface area (Å²) in [4.78, 5) is 26.7. The number of aromatic nitrogens is 1. The summed E-state index contributed by atoms with van der Waals surface area (Å²) >= 11 is 0. The molecule has 1 atom stereocenters. The number of carbonyl (C=O) groups is 2. The molecule has 1 unspecified atom stereocenters. The van der Waals surface area contributed by atoms with Crippen molar-refractivity contribution in [3.05, 3.63) is 29.1 Å². The smallest absolute Gasteiger partial charge is 0.270 e. The molecule has 0 saturated carbocycles. The van der Waals surface area contributed by atoms with Gasteiger partial charge in [-0.05, 0) is 24.5 Å². The van der Waals surface area contributed by atoms with Crippen molar-refractivity contribution in [3.63, 3.8) is 0 Å². The summed E-state index contributed by atoms with van der Waals surface area (Å²) in [6.07, 6.45) is 2.91. The fourth-order valence-corrected chi connectivity index (χ4v) is 4.30. The zero-order valence-corrected chi connectivity index (χ0v) is 11.2. The van der Waals surface area contributed by atoms with Crippen LogP contribution < -0.4 is 5.32 Å². The maximum atomic E-state index is 11.9. The van der Waals surface area contributed by atoms with Crippen LogP contribution in [0.3, 0.4) is 0 Å². The molecular weight excluding hydrogens is 268 g/mol. The van der Waals surface area contributed by atoms with E-state index in [0.717, 1.165) is 0 Å². The van der Waals surface area contributed by atoms with Crippen LogP contribution in [0, 0.1) is 0 Å². The SMILES string of the molecule is CNC(=O)c1nccc(C2CCCS2(=O)=O)c1C=O. The number of sulfone groups is 1. The van der Waals surface area contributed by atoms with Crippen LogP contribution in [0.15, 0.2) is 12.3 Å². The van der Waals surface area contributed by atoms with Crippen molar-refractivity contribution >= 4 is 22.0 Å². The number of amides is 1. The van der Waals surface area contributed by atoms with E-state index in [9.17, 15) is 18.0 Å². The topological polar surface area (TPSA) is 93.2 Å². The Balaban J connectivity index is 2.59. The molecule has 1 saturated heterocycles. The number of nitrogens with zero attached hydrogens (tertiary/aromatic N) is 1. The molecule has 7 heteroatoms. The fraction of sp³-hybridized carbons (Fsp3) is 0.417. The van der Waals surface area contributed by atoms with Crippen LogP contribution in [0.5, 0.6) is 0 Å². The van der Waals surface area contributed by atoms with Crippen LogP contribution in [0.1, 0.15) is 44.5 Å². The number of hydrogen-bond donors (Lipinski definition) is 1. The average molecular weight is 282 g/mol. The summed E-state index contributed by atoms with van der Waals surface area (Å²) in [5.41, 5.74) is 0.413. The Hall–Kier alpha value is -1.76. The van der Waals surface area contributed by atoms with Gasteiger partial charge in [-0.2, -0.15) is 0 Å². The molecular formula is C12H14N2O4S. The van der Waals surface area contributed by atoms with Crippen LogP contribution in [0.25, 0.3) is 0 Å². The molecule has 0 bridgehead atoms. The number of nitrogens with one attached hydrogen (secondary N) is 1. The largest absolute Gasteiger partial charge is 0.354 e. The van der Waals surface area contributed by atoms with Crippen molar-refractivity contribution in [2.45, 2.75) is 18.1 Å². The van der Waals surface area contributed by atoms with Crippen LogP contribution in [-0.2, 0) is 9.84 Å². The highest BCUT2D eigenvalue weighted by molar-refractivity contribution is 7.91. The van der Waals surface area contributed by atoms with E-state index in [-0.39, 0.29) is 17.0 Å². The van der Waals surface area contributed by atoms with Gasteiger partial charge in [-0.15, -0.1) is 0 Å². The fourth-order valence-electron chi connectivity index (χ4n) is 2.33. The normalized spacial score (nSPS) is 21.0. The van der Waals surface area contributed by atoms with Crippen LogP contribution in [0.2, 0.25) is 0 Å². The van der Waals surface area contributed by atoms with Gasteiger partial charge in [0, 0.05) is 13.2 Å². The van der Waals surface area contributed by atoms with Crippen molar-refractivity contribution < 1.29 is 18.0 Å². The van der Waals surface area contributed by atoms with Gasteiger partial charge in [0.25, 0.3) is 5.91 Å². The molecule has 1 aromatic rings. The van der Waals surface area contributed by atoms with Gasteiger partial charge in [0.05, 0.1) is 16.6 Å². The van der Waals surface area contributed by atoms with Gasteiger partial charge in [-0.3, -0.25) is 14.6 Å². The Morgan fingerprint density at radius 3 is 2.79 bits per heavy atom. The van der Waals surface area contributed by atoms with E-state index in [1.165, 1.54) is 19.3 Å². The number of pyridine rings is 1. The third kappa shape index (κ3) is 2.37. The molecule has 1 aliphatic heterocycles. The highest BCUT2D eigenvalue weighted by Gasteiger charge is 2.35. The monoisotopic (exact) mass is 282 g/mol. The van der Waals surface area contributed by atoms with Crippen LogP contribution in [-0.4, -0.2) is 38.4 Å². The summed E-state index contributed by atoms with van der Waals surface area (Å²) in [6.45, 7) is 0. The number of hydrogen-bond acceptors (Lipinski definition) is 5. The minimum absolute atomic E-state index is 0.0305. The van der Waals surface area contributed by atoms with E-state index in [4.69, 9.17) is 0 Å². The van der Waals surface area contributed by atoms with E-state index in [1.54, 1.807) is 0 Å². The predicted octanol–water partition coefficient (Wildman–Crippen LogP) is 0.503. The Kier molecular flexibility index (Phi) is 3.66. The molecule has 1 amide bonds. The maximum absolute atomic E-state index is 11.9. The summed E-state index contributed by atoms with van der Waals surface area (Å²) in [5, 5.41) is 1.68. The molecule has 1 aromatic heterocycles. The van der Waals surface area contributed by atoms with Crippen LogP contribution >= 0.6 is 0 Å². The summed E-state index contributed by atoms with van der Waals surface area (Å²) in [5.74, 6) is -0.382. The molecule has 1 fully saturated rings. The second kappa shape index (κ2) is 5.08. The number of rotatable bonds is 3. The van der Waals surface area contributed by atoms with Crippen molar-refractivity contribution in [1.29, 1.82) is 0 Å². The molecule has 0 aliphatic carbocycles. The molecule has 0 spiro atoms. The van der Waals surface area contributed by atoms with Gasteiger partial charge in [-0.25, -0.2) is 8.42 Å². The first-order valence-corrected chi connectivity index (χ1v) is 7.60. The first-order valence-electron chi connectivity index (χ1n) is 5.89. The summed E-state index contributed by atoms with van der Waals surface area (Å²) in [6, 6.07) is 1.50. The molecule has 19 heavy (non-hydrogen) atoms. The second-order valence-electron chi connectivity index (χ2n) is 4.36. The minimum atomic E-state index is -3.24. The van der Waals surface area contributed by atoms with E-state index >= 15 is 0 Å². The Morgan fingerprint density at radius 2 is 2.26 bits per heavy atom. The molecule has 0 aromatic carbocycles. The van der Waals surface area contributed by atoms with Gasteiger partial charge < -0.3 is 5.32 Å². The van der Waals surface area contributed by atoms with Gasteiger partial charge in [0.2, 0.25) is 0 Å². The van der Waals surface area contributed by atoms with Crippen molar-refractivity contribution in [2.24, 2.45) is 0 Å². The molecule has 2 rings (SSSR count). The molecule has 0 radical (unpaired) electrons. The van der Waals surface area contributed by atoms with Crippen molar-refractivity contribution in [2.75, 3.05) is 12.8 Å². The van der Waals surface area contributed by atoms with E-state index in [1.807, 2.05) is 0 Å². The number of carbonyl (C=O) groups excluding carboxylic acids is 2. The van der Waals surface area contributed by atoms with Gasteiger partial charge >= 0.3 is 0 Å². The third-order valence-corrected chi connectivity index (χ3v) is 5.47. The van der Waals surface area contributed by atoms with E-state index in [2.05, 4.69) is 10.3 Å². The first-order chi connectivity index (χ1) is 9.01. The standard InChI is InChI=1S/C12H14N2O4S/c1-13-12(16)11-9(7-15)8(4-5-14-11)10-3-2-6-19(10,17)18/h4-5,7,10H,2-3,6H2,1H3,(H,13,16). The highest BCUT2D eigenvalue weighted by atomic mass is 32.2. The maximum Gasteiger partial charge on any atom is 0.270 e. The lowest BCUT2D eigenvalue weighted by atomic mass is 10.0. The first kappa shape index (κ1) is 13.7.